The molecule has 1 aromatic rings. The van der Waals surface area contributed by atoms with Crippen molar-refractivity contribution in [2.45, 2.75) is 31.8 Å². The Kier molecular flexibility index (Phi) is 4.67. The minimum atomic E-state index is -0.345. The van der Waals surface area contributed by atoms with Gasteiger partial charge in [0.05, 0.1) is 11.6 Å². The third kappa shape index (κ3) is 3.50. The van der Waals surface area contributed by atoms with E-state index >= 15 is 0 Å². The van der Waals surface area contributed by atoms with Gasteiger partial charge in [-0.15, -0.1) is 0 Å². The summed E-state index contributed by atoms with van der Waals surface area (Å²) >= 11 is 5.74. The van der Waals surface area contributed by atoms with E-state index in [-0.39, 0.29) is 10.8 Å². The Labute approximate surface area is 130 Å². The highest BCUT2D eigenvalue weighted by Gasteiger charge is 2.28. The zero-order valence-electron chi connectivity index (χ0n) is 12.3. The smallest absolute Gasteiger partial charge is 0.143 e. The zero-order chi connectivity index (χ0) is 14.8. The molecule has 1 aromatic carbocycles. The largest absolute Gasteiger partial charge is 0.381 e. The molecular formula is C16H22ClFN2O. The van der Waals surface area contributed by atoms with Gasteiger partial charge in [0.25, 0.3) is 0 Å². The van der Waals surface area contributed by atoms with Crippen molar-refractivity contribution in [1.29, 1.82) is 0 Å². The summed E-state index contributed by atoms with van der Waals surface area (Å²) in [5.74, 6) is 0.272. The van der Waals surface area contributed by atoms with Crippen molar-refractivity contribution in [2.24, 2.45) is 5.92 Å². The number of ether oxygens (including phenoxy) is 1. The van der Waals surface area contributed by atoms with E-state index in [1.807, 2.05) is 6.07 Å². The molecule has 0 aliphatic carbocycles. The Hall–Kier alpha value is -0.840. The zero-order valence-corrected chi connectivity index (χ0v) is 13.1. The van der Waals surface area contributed by atoms with Crippen molar-refractivity contribution >= 4 is 17.3 Å². The lowest BCUT2D eigenvalue weighted by Gasteiger charge is -2.24. The van der Waals surface area contributed by atoms with E-state index in [4.69, 9.17) is 16.3 Å². The fourth-order valence-corrected chi connectivity index (χ4v) is 3.39. The molecule has 2 saturated heterocycles. The van der Waals surface area contributed by atoms with Crippen LogP contribution < -0.4 is 10.2 Å². The number of hydrogen-bond acceptors (Lipinski definition) is 3. The molecule has 3 nitrogen and oxygen atoms in total. The maximum Gasteiger partial charge on any atom is 0.143 e. The van der Waals surface area contributed by atoms with E-state index in [1.165, 1.54) is 6.07 Å². The fraction of sp³-hybridized carbons (Fsp3) is 0.625. The van der Waals surface area contributed by atoms with E-state index in [0.717, 1.165) is 44.8 Å². The van der Waals surface area contributed by atoms with Crippen LogP contribution >= 0.6 is 11.6 Å². The van der Waals surface area contributed by atoms with Crippen LogP contribution in [0.4, 0.5) is 10.1 Å². The van der Waals surface area contributed by atoms with E-state index < -0.39 is 0 Å². The number of rotatable bonds is 4. The van der Waals surface area contributed by atoms with E-state index in [2.05, 4.69) is 17.1 Å². The summed E-state index contributed by atoms with van der Waals surface area (Å²) < 4.78 is 19.0. The lowest BCUT2D eigenvalue weighted by Crippen LogP contribution is -2.42. The predicted molar refractivity (Wildman–Crippen MR) is 83.6 cm³/mol. The first-order valence-corrected chi connectivity index (χ1v) is 8.05. The second kappa shape index (κ2) is 6.51. The summed E-state index contributed by atoms with van der Waals surface area (Å²) in [4.78, 5) is 2.22. The van der Waals surface area contributed by atoms with Gasteiger partial charge in [-0.1, -0.05) is 11.6 Å². The number of nitrogens with one attached hydrogen (secondary N) is 1. The van der Waals surface area contributed by atoms with Crippen LogP contribution in [0, 0.1) is 11.7 Å². The molecule has 3 rings (SSSR count). The van der Waals surface area contributed by atoms with Crippen LogP contribution in [0.2, 0.25) is 5.02 Å². The minimum absolute atomic E-state index is 0.183. The normalized spacial score (nSPS) is 27.3. The van der Waals surface area contributed by atoms with Gasteiger partial charge in [0, 0.05) is 37.5 Å². The molecule has 0 radical (unpaired) electrons. The Morgan fingerprint density at radius 3 is 3.00 bits per heavy atom. The molecule has 2 fully saturated rings. The molecule has 1 N–H and O–H groups in total. The maximum absolute atomic E-state index is 13.6. The molecule has 2 heterocycles. The first kappa shape index (κ1) is 15.1. The molecular weight excluding hydrogens is 291 g/mol. The van der Waals surface area contributed by atoms with Gasteiger partial charge in [0.2, 0.25) is 0 Å². The van der Waals surface area contributed by atoms with E-state index in [1.54, 1.807) is 6.07 Å². The van der Waals surface area contributed by atoms with Crippen LogP contribution in [0.15, 0.2) is 18.2 Å². The summed E-state index contributed by atoms with van der Waals surface area (Å²) in [5, 5.41) is 3.89. The van der Waals surface area contributed by atoms with Gasteiger partial charge in [-0.3, -0.25) is 0 Å². The van der Waals surface area contributed by atoms with Crippen molar-refractivity contribution in [3.05, 3.63) is 29.0 Å². The van der Waals surface area contributed by atoms with Gasteiger partial charge in [0.1, 0.15) is 5.82 Å². The number of nitrogens with zero attached hydrogens (tertiary/aromatic N) is 1. The highest BCUT2D eigenvalue weighted by Crippen LogP contribution is 2.26. The highest BCUT2D eigenvalue weighted by molar-refractivity contribution is 6.30. The molecule has 2 aliphatic rings. The lowest BCUT2D eigenvalue weighted by molar-refractivity contribution is 0.177. The van der Waals surface area contributed by atoms with Gasteiger partial charge in [-0.05, 0) is 43.9 Å². The Morgan fingerprint density at radius 2 is 2.29 bits per heavy atom. The lowest BCUT2D eigenvalue weighted by atomic mass is 10.00. The van der Waals surface area contributed by atoms with Crippen LogP contribution in [0.1, 0.15) is 19.8 Å². The molecule has 2 aliphatic heterocycles. The first-order valence-electron chi connectivity index (χ1n) is 7.67. The van der Waals surface area contributed by atoms with Crippen LogP contribution in [0.5, 0.6) is 0 Å². The van der Waals surface area contributed by atoms with Crippen molar-refractivity contribution in [1.82, 2.24) is 5.32 Å². The molecule has 21 heavy (non-hydrogen) atoms. The molecule has 0 spiro atoms. The second-order valence-electron chi connectivity index (χ2n) is 6.11. The minimum Gasteiger partial charge on any atom is -0.381 e. The number of benzene rings is 1. The summed E-state index contributed by atoms with van der Waals surface area (Å²) in [7, 11) is 0. The number of anilines is 1. The average molecular weight is 313 g/mol. The Bertz CT molecular complexity index is 493. The van der Waals surface area contributed by atoms with E-state index in [0.29, 0.717) is 18.0 Å². The van der Waals surface area contributed by atoms with Gasteiger partial charge < -0.3 is 15.0 Å². The maximum atomic E-state index is 13.6. The van der Waals surface area contributed by atoms with Gasteiger partial charge in [0.15, 0.2) is 0 Å². The van der Waals surface area contributed by atoms with Crippen molar-refractivity contribution in [3.8, 4) is 0 Å². The molecule has 0 aromatic heterocycles. The molecule has 5 heteroatoms. The van der Waals surface area contributed by atoms with Crippen LogP contribution in [-0.2, 0) is 4.74 Å². The molecule has 0 amide bonds. The molecule has 0 unspecified atom stereocenters. The van der Waals surface area contributed by atoms with Crippen molar-refractivity contribution < 1.29 is 9.13 Å². The first-order chi connectivity index (χ1) is 10.1. The van der Waals surface area contributed by atoms with Gasteiger partial charge >= 0.3 is 0 Å². The highest BCUT2D eigenvalue weighted by atomic mass is 35.5. The molecule has 3 atom stereocenters. The number of halogens is 2. The Balaban J connectivity index is 1.56. The predicted octanol–water partition coefficient (Wildman–Crippen LogP) is 3.07. The summed E-state index contributed by atoms with van der Waals surface area (Å²) in [6.45, 7) is 5.86. The van der Waals surface area contributed by atoms with Gasteiger partial charge in [-0.2, -0.15) is 0 Å². The molecule has 0 saturated carbocycles. The molecule has 116 valence electrons. The summed E-state index contributed by atoms with van der Waals surface area (Å²) in [6, 6.07) is 5.98. The SMILES string of the molecule is C[C@H](N[C@H]1CCN(c2ccc(Cl)c(F)c2)C1)[C@@H]1CCOC1. The van der Waals surface area contributed by atoms with Crippen molar-refractivity contribution in [3.63, 3.8) is 0 Å². The topological polar surface area (TPSA) is 24.5 Å². The monoisotopic (exact) mass is 312 g/mol. The quantitative estimate of drug-likeness (QED) is 0.924. The molecule has 0 bridgehead atoms. The Morgan fingerprint density at radius 1 is 1.43 bits per heavy atom. The standard InChI is InChI=1S/C16H22ClFN2O/c1-11(12-5-7-21-10-12)19-13-4-6-20(9-13)14-2-3-15(17)16(18)8-14/h2-3,8,11-13,19H,4-7,9-10H2,1H3/t11-,12+,13-/m0/s1. The van der Waals surface area contributed by atoms with Gasteiger partial charge in [-0.25, -0.2) is 4.39 Å². The van der Waals surface area contributed by atoms with Crippen LogP contribution in [0.3, 0.4) is 0 Å². The van der Waals surface area contributed by atoms with Crippen molar-refractivity contribution in [2.75, 3.05) is 31.2 Å². The average Bonchev–Trinajstić information content (AvgIpc) is 3.12. The van der Waals surface area contributed by atoms with E-state index in [9.17, 15) is 4.39 Å². The second-order valence-corrected chi connectivity index (χ2v) is 6.52. The summed E-state index contributed by atoms with van der Waals surface area (Å²) in [5.41, 5.74) is 0.915. The third-order valence-electron chi connectivity index (χ3n) is 4.63. The van der Waals surface area contributed by atoms with Crippen LogP contribution in [-0.4, -0.2) is 38.4 Å². The van der Waals surface area contributed by atoms with Crippen LogP contribution in [0.25, 0.3) is 0 Å². The third-order valence-corrected chi connectivity index (χ3v) is 4.93. The summed E-state index contributed by atoms with van der Waals surface area (Å²) in [6.07, 6.45) is 2.23. The fourth-order valence-electron chi connectivity index (χ4n) is 3.27. The number of hydrogen-bond donors (Lipinski definition) is 1.